The van der Waals surface area contributed by atoms with Crippen molar-refractivity contribution in [2.75, 3.05) is 7.11 Å². The van der Waals surface area contributed by atoms with Gasteiger partial charge in [0, 0.05) is 11.8 Å². The molecule has 0 aliphatic carbocycles. The molecule has 0 amide bonds. The third-order valence-electron chi connectivity index (χ3n) is 3.10. The van der Waals surface area contributed by atoms with Crippen LogP contribution < -0.4 is 4.74 Å². The Labute approximate surface area is 106 Å². The van der Waals surface area contributed by atoms with Crippen molar-refractivity contribution in [1.82, 2.24) is 4.98 Å². The fraction of sp³-hybridized carbons (Fsp3) is 0.200. The Morgan fingerprint density at radius 2 is 1.94 bits per heavy atom. The maximum absolute atomic E-state index is 12.5. The van der Waals surface area contributed by atoms with Crippen LogP contribution in [-0.2, 0) is 0 Å². The summed E-state index contributed by atoms with van der Waals surface area (Å²) in [4.78, 5) is 16.4. The van der Waals surface area contributed by atoms with Crippen LogP contribution in [0.5, 0.6) is 5.75 Å². The van der Waals surface area contributed by atoms with Crippen LogP contribution in [0.1, 0.15) is 27.0 Å². The van der Waals surface area contributed by atoms with E-state index >= 15 is 0 Å². The molecule has 2 aromatic rings. The quantitative estimate of drug-likeness (QED) is 0.775. The first-order chi connectivity index (χ1) is 8.65. The maximum Gasteiger partial charge on any atom is 0.197 e. The van der Waals surface area contributed by atoms with Crippen molar-refractivity contribution < 1.29 is 9.53 Å². The Morgan fingerprint density at radius 3 is 2.67 bits per heavy atom. The molecule has 1 aromatic carbocycles. The van der Waals surface area contributed by atoms with E-state index in [9.17, 15) is 4.79 Å². The van der Waals surface area contributed by atoms with Crippen molar-refractivity contribution in [2.24, 2.45) is 0 Å². The molecule has 0 aliphatic rings. The molecule has 0 bridgehead atoms. The van der Waals surface area contributed by atoms with Gasteiger partial charge in [-0.05, 0) is 31.0 Å². The molecule has 3 nitrogen and oxygen atoms in total. The zero-order chi connectivity index (χ0) is 13.1. The van der Waals surface area contributed by atoms with Crippen LogP contribution in [0.15, 0.2) is 36.7 Å². The summed E-state index contributed by atoms with van der Waals surface area (Å²) in [5.74, 6) is 0.471. The minimum Gasteiger partial charge on any atom is -0.494 e. The number of nitrogens with zero attached hydrogens (tertiary/aromatic N) is 1. The highest BCUT2D eigenvalue weighted by molar-refractivity contribution is 6.11. The highest BCUT2D eigenvalue weighted by Crippen LogP contribution is 2.22. The van der Waals surface area contributed by atoms with Crippen LogP contribution in [0.4, 0.5) is 0 Å². The number of hydrogen-bond acceptors (Lipinski definition) is 3. The topological polar surface area (TPSA) is 39.2 Å². The number of methoxy groups -OCH3 is 1. The maximum atomic E-state index is 12.5. The van der Waals surface area contributed by atoms with Gasteiger partial charge in [-0.3, -0.25) is 9.78 Å². The smallest absolute Gasteiger partial charge is 0.197 e. The number of hydrogen-bond donors (Lipinski definition) is 0. The standard InChI is InChI=1S/C15H15NO2/c1-10-5-4-6-12(11(10)2)15(17)13-7-8-16-9-14(13)18-3/h4-9H,1-3H3. The van der Waals surface area contributed by atoms with Crippen molar-refractivity contribution >= 4 is 5.78 Å². The molecule has 1 heterocycles. The average molecular weight is 241 g/mol. The summed E-state index contributed by atoms with van der Waals surface area (Å²) in [6.45, 7) is 3.95. The highest BCUT2D eigenvalue weighted by atomic mass is 16.5. The van der Waals surface area contributed by atoms with Gasteiger partial charge < -0.3 is 4.74 Å². The number of benzene rings is 1. The molecule has 92 valence electrons. The van der Waals surface area contributed by atoms with Crippen LogP contribution in [0.2, 0.25) is 0 Å². The molecule has 2 rings (SSSR count). The van der Waals surface area contributed by atoms with Gasteiger partial charge in [0.05, 0.1) is 18.9 Å². The number of pyridine rings is 1. The minimum atomic E-state index is -0.0320. The molecule has 0 fully saturated rings. The monoisotopic (exact) mass is 241 g/mol. The van der Waals surface area contributed by atoms with Crippen LogP contribution in [0.25, 0.3) is 0 Å². The Bertz CT molecular complexity index is 591. The summed E-state index contributed by atoms with van der Waals surface area (Å²) in [6.07, 6.45) is 3.15. The Kier molecular flexibility index (Phi) is 3.42. The summed E-state index contributed by atoms with van der Waals surface area (Å²) in [6, 6.07) is 7.41. The molecule has 0 unspecified atom stereocenters. The lowest BCUT2D eigenvalue weighted by molar-refractivity contribution is 0.103. The van der Waals surface area contributed by atoms with Crippen LogP contribution in [-0.4, -0.2) is 17.9 Å². The van der Waals surface area contributed by atoms with Gasteiger partial charge in [0.25, 0.3) is 0 Å². The SMILES string of the molecule is COc1cnccc1C(=O)c1cccc(C)c1C. The van der Waals surface area contributed by atoms with E-state index in [0.717, 1.165) is 11.1 Å². The lowest BCUT2D eigenvalue weighted by Crippen LogP contribution is -2.07. The van der Waals surface area contributed by atoms with Crippen LogP contribution in [0, 0.1) is 13.8 Å². The fourth-order valence-electron chi connectivity index (χ4n) is 1.87. The van der Waals surface area contributed by atoms with E-state index in [1.807, 2.05) is 32.0 Å². The van der Waals surface area contributed by atoms with E-state index in [2.05, 4.69) is 4.98 Å². The number of aromatic nitrogens is 1. The van der Waals surface area contributed by atoms with Crippen molar-refractivity contribution in [3.63, 3.8) is 0 Å². The minimum absolute atomic E-state index is 0.0320. The number of carbonyl (C=O) groups is 1. The predicted molar refractivity (Wildman–Crippen MR) is 70.1 cm³/mol. The number of aryl methyl sites for hydroxylation is 1. The van der Waals surface area contributed by atoms with Crippen LogP contribution >= 0.6 is 0 Å². The Morgan fingerprint density at radius 1 is 1.17 bits per heavy atom. The van der Waals surface area contributed by atoms with Gasteiger partial charge >= 0.3 is 0 Å². The van der Waals surface area contributed by atoms with Gasteiger partial charge in [-0.1, -0.05) is 18.2 Å². The first-order valence-electron chi connectivity index (χ1n) is 5.74. The fourth-order valence-corrected chi connectivity index (χ4v) is 1.87. The zero-order valence-corrected chi connectivity index (χ0v) is 10.7. The number of rotatable bonds is 3. The van der Waals surface area contributed by atoms with E-state index in [-0.39, 0.29) is 5.78 Å². The van der Waals surface area contributed by atoms with Crippen molar-refractivity contribution in [3.05, 3.63) is 58.9 Å². The Balaban J connectivity index is 2.52. The summed E-state index contributed by atoms with van der Waals surface area (Å²) in [7, 11) is 1.54. The van der Waals surface area contributed by atoms with Crippen molar-refractivity contribution in [3.8, 4) is 5.75 Å². The molecule has 0 saturated heterocycles. The molecular weight excluding hydrogens is 226 g/mol. The Hall–Kier alpha value is -2.16. The van der Waals surface area contributed by atoms with E-state index in [0.29, 0.717) is 16.9 Å². The molecule has 0 atom stereocenters. The van der Waals surface area contributed by atoms with E-state index in [4.69, 9.17) is 4.74 Å². The largest absolute Gasteiger partial charge is 0.494 e. The van der Waals surface area contributed by atoms with Gasteiger partial charge in [0.1, 0.15) is 5.75 Å². The summed E-state index contributed by atoms with van der Waals surface area (Å²) in [5, 5.41) is 0. The number of carbonyl (C=O) groups excluding carboxylic acids is 1. The van der Waals surface area contributed by atoms with Gasteiger partial charge in [0.2, 0.25) is 0 Å². The molecule has 0 N–H and O–H groups in total. The number of ether oxygens (including phenoxy) is 1. The lowest BCUT2D eigenvalue weighted by atomic mass is 9.96. The second-order valence-electron chi connectivity index (χ2n) is 4.15. The van der Waals surface area contributed by atoms with Crippen LogP contribution in [0.3, 0.4) is 0 Å². The van der Waals surface area contributed by atoms with Gasteiger partial charge in [-0.15, -0.1) is 0 Å². The third kappa shape index (κ3) is 2.12. The summed E-state index contributed by atoms with van der Waals surface area (Å²) >= 11 is 0. The lowest BCUT2D eigenvalue weighted by Gasteiger charge is -2.10. The molecule has 0 radical (unpaired) electrons. The normalized spacial score (nSPS) is 10.2. The van der Waals surface area contributed by atoms with Gasteiger partial charge in [0.15, 0.2) is 5.78 Å². The summed E-state index contributed by atoms with van der Waals surface area (Å²) in [5.41, 5.74) is 3.36. The van der Waals surface area contributed by atoms with E-state index in [1.165, 1.54) is 7.11 Å². The average Bonchev–Trinajstić information content (AvgIpc) is 2.41. The van der Waals surface area contributed by atoms with E-state index in [1.54, 1.807) is 18.5 Å². The first kappa shape index (κ1) is 12.3. The van der Waals surface area contributed by atoms with Gasteiger partial charge in [-0.2, -0.15) is 0 Å². The predicted octanol–water partition coefficient (Wildman–Crippen LogP) is 2.94. The zero-order valence-electron chi connectivity index (χ0n) is 10.7. The second-order valence-corrected chi connectivity index (χ2v) is 4.15. The second kappa shape index (κ2) is 5.00. The molecule has 0 spiro atoms. The van der Waals surface area contributed by atoms with E-state index < -0.39 is 0 Å². The molecule has 0 aliphatic heterocycles. The third-order valence-corrected chi connectivity index (χ3v) is 3.10. The number of ketones is 1. The summed E-state index contributed by atoms with van der Waals surface area (Å²) < 4.78 is 5.17. The molecule has 3 heteroatoms. The molecule has 18 heavy (non-hydrogen) atoms. The molecule has 0 saturated carbocycles. The molecule has 1 aromatic heterocycles. The first-order valence-corrected chi connectivity index (χ1v) is 5.74. The van der Waals surface area contributed by atoms with Crippen molar-refractivity contribution in [1.29, 1.82) is 0 Å². The molecular formula is C15H15NO2. The highest BCUT2D eigenvalue weighted by Gasteiger charge is 2.16. The van der Waals surface area contributed by atoms with Crippen molar-refractivity contribution in [2.45, 2.75) is 13.8 Å². The van der Waals surface area contributed by atoms with Gasteiger partial charge in [-0.25, -0.2) is 0 Å².